The predicted octanol–water partition coefficient (Wildman–Crippen LogP) is 6.89. The van der Waals surface area contributed by atoms with E-state index in [1.165, 1.54) is 77.0 Å². The van der Waals surface area contributed by atoms with E-state index in [9.17, 15) is 20.4 Å². The van der Waals surface area contributed by atoms with Crippen LogP contribution in [0.25, 0.3) is 0 Å². The van der Waals surface area contributed by atoms with Crippen molar-refractivity contribution in [3.8, 4) is 23.0 Å². The Morgan fingerprint density at radius 3 is 1.19 bits per heavy atom. The van der Waals surface area contributed by atoms with Gasteiger partial charge in [0.1, 0.15) is 23.0 Å². The third-order valence-corrected chi connectivity index (χ3v) is 12.4. The maximum Gasteiger partial charge on any atom is 0.123 e. The molecule has 8 bridgehead atoms. The Morgan fingerprint density at radius 2 is 0.861 bits per heavy atom. The topological polar surface area (TPSA) is 80.9 Å². The molecule has 8 aliphatic carbocycles. The van der Waals surface area contributed by atoms with Gasteiger partial charge in [-0.3, -0.25) is 0 Å². The van der Waals surface area contributed by atoms with Gasteiger partial charge in [0, 0.05) is 34.1 Å². The van der Waals surface area contributed by atoms with Crippen molar-refractivity contribution in [3.63, 3.8) is 0 Å². The first-order valence-electron chi connectivity index (χ1n) is 14.3. The highest BCUT2D eigenvalue weighted by atomic mass is 16.3. The second-order valence-corrected chi connectivity index (χ2v) is 14.4. The summed E-state index contributed by atoms with van der Waals surface area (Å²) in [5, 5.41) is 42.0. The van der Waals surface area contributed by atoms with E-state index >= 15 is 0 Å². The van der Waals surface area contributed by atoms with Crippen LogP contribution in [0.2, 0.25) is 0 Å². The smallest absolute Gasteiger partial charge is 0.123 e. The standard InChI is InChI=1S/C32H38O4/c33-23-1-3-25(27(35)7-23)29-9-19-5-20(10-29)14-31(13-19,17-29)32-15-21-6-22(16-32)12-30(11-21,18-32)26-4-2-24(34)8-28(26)36/h1-4,7-8,19-22,33-36H,5-6,9-18H2. The lowest BCUT2D eigenvalue weighted by Gasteiger charge is -2.74. The van der Waals surface area contributed by atoms with Gasteiger partial charge in [0.15, 0.2) is 0 Å². The molecule has 0 heterocycles. The van der Waals surface area contributed by atoms with E-state index in [1.807, 2.05) is 12.1 Å². The van der Waals surface area contributed by atoms with Gasteiger partial charge in [-0.05, 0) is 124 Å². The largest absolute Gasteiger partial charge is 0.508 e. The normalized spacial score (nSPS) is 45.9. The minimum Gasteiger partial charge on any atom is -0.508 e. The molecular formula is C32H38O4. The second-order valence-electron chi connectivity index (χ2n) is 14.4. The number of benzene rings is 2. The lowest BCUT2D eigenvalue weighted by molar-refractivity contribution is -0.212. The van der Waals surface area contributed by atoms with E-state index in [1.54, 1.807) is 24.3 Å². The number of phenolic OH excluding ortho intramolecular Hbond substituents is 4. The Hall–Kier alpha value is -2.36. The van der Waals surface area contributed by atoms with E-state index in [0.717, 1.165) is 34.8 Å². The number of phenols is 4. The highest BCUT2D eigenvalue weighted by molar-refractivity contribution is 5.47. The van der Waals surface area contributed by atoms with Crippen LogP contribution in [0, 0.1) is 34.5 Å². The molecule has 0 aromatic heterocycles. The van der Waals surface area contributed by atoms with Crippen LogP contribution in [-0.2, 0) is 10.8 Å². The molecule has 0 saturated heterocycles. The molecule has 2 aromatic carbocycles. The van der Waals surface area contributed by atoms with Crippen LogP contribution in [0.3, 0.4) is 0 Å². The summed E-state index contributed by atoms with van der Waals surface area (Å²) in [6.07, 6.45) is 15.1. The fourth-order valence-electron chi connectivity index (χ4n) is 12.3. The molecule has 2 aromatic rings. The Balaban J connectivity index is 1.25. The predicted molar refractivity (Wildman–Crippen MR) is 137 cm³/mol. The molecule has 8 aliphatic rings. The Kier molecular flexibility index (Phi) is 4.06. The number of aromatic hydroxyl groups is 4. The summed E-state index contributed by atoms with van der Waals surface area (Å²) in [5.74, 6) is 3.76. The van der Waals surface area contributed by atoms with Crippen molar-refractivity contribution < 1.29 is 20.4 Å². The van der Waals surface area contributed by atoms with Crippen molar-refractivity contribution in [2.45, 2.75) is 87.9 Å². The summed E-state index contributed by atoms with van der Waals surface area (Å²) >= 11 is 0. The van der Waals surface area contributed by atoms with E-state index in [-0.39, 0.29) is 33.8 Å². The fraction of sp³-hybridized carbons (Fsp3) is 0.625. The summed E-state index contributed by atoms with van der Waals surface area (Å²) in [4.78, 5) is 0. The Morgan fingerprint density at radius 1 is 0.500 bits per heavy atom. The van der Waals surface area contributed by atoms with Crippen LogP contribution in [-0.4, -0.2) is 20.4 Å². The lowest BCUT2D eigenvalue weighted by atomic mass is 9.30. The zero-order valence-corrected chi connectivity index (χ0v) is 21.0. The number of rotatable bonds is 3. The summed E-state index contributed by atoms with van der Waals surface area (Å²) in [6, 6.07) is 10.7. The second kappa shape index (κ2) is 6.74. The molecule has 4 nitrogen and oxygen atoms in total. The highest BCUT2D eigenvalue weighted by Crippen LogP contribution is 2.79. The minimum absolute atomic E-state index is 0.0268. The third-order valence-electron chi connectivity index (χ3n) is 12.4. The monoisotopic (exact) mass is 486 g/mol. The molecule has 190 valence electrons. The minimum atomic E-state index is 0.0268. The first-order chi connectivity index (χ1) is 17.2. The third kappa shape index (κ3) is 2.71. The van der Waals surface area contributed by atoms with Crippen molar-refractivity contribution in [2.75, 3.05) is 0 Å². The van der Waals surface area contributed by atoms with Gasteiger partial charge in [0.05, 0.1) is 0 Å². The molecule has 4 N–H and O–H groups in total. The summed E-state index contributed by atoms with van der Waals surface area (Å²) < 4.78 is 0. The van der Waals surface area contributed by atoms with Crippen molar-refractivity contribution in [1.29, 1.82) is 0 Å². The van der Waals surface area contributed by atoms with Crippen LogP contribution < -0.4 is 0 Å². The SMILES string of the molecule is Oc1ccc(C23CC4CC(C2)CC(C25CC6CC(CC(c7ccc(O)cc7O)(C6)C2)C5)(C4)C3)c(O)c1. The Bertz CT molecular complexity index is 1140. The van der Waals surface area contributed by atoms with Crippen LogP contribution in [0.15, 0.2) is 36.4 Å². The van der Waals surface area contributed by atoms with Gasteiger partial charge in [0.2, 0.25) is 0 Å². The molecule has 8 fully saturated rings. The fourth-order valence-corrected chi connectivity index (χ4v) is 12.3. The molecule has 4 unspecified atom stereocenters. The van der Waals surface area contributed by atoms with Crippen LogP contribution in [0.1, 0.15) is 88.2 Å². The average molecular weight is 487 g/mol. The van der Waals surface area contributed by atoms with Gasteiger partial charge < -0.3 is 20.4 Å². The van der Waals surface area contributed by atoms with E-state index in [2.05, 4.69) is 0 Å². The van der Waals surface area contributed by atoms with Gasteiger partial charge in [-0.2, -0.15) is 0 Å². The molecule has 0 spiro atoms. The maximum absolute atomic E-state index is 11.0. The highest BCUT2D eigenvalue weighted by Gasteiger charge is 2.70. The van der Waals surface area contributed by atoms with Gasteiger partial charge in [0.25, 0.3) is 0 Å². The molecule has 0 radical (unpaired) electrons. The molecular weight excluding hydrogens is 448 g/mol. The average Bonchev–Trinajstić information content (AvgIpc) is 2.77. The summed E-state index contributed by atoms with van der Waals surface area (Å²) in [7, 11) is 0. The van der Waals surface area contributed by atoms with Gasteiger partial charge in [-0.25, -0.2) is 0 Å². The van der Waals surface area contributed by atoms with Gasteiger partial charge in [-0.15, -0.1) is 0 Å². The van der Waals surface area contributed by atoms with Crippen molar-refractivity contribution in [1.82, 2.24) is 0 Å². The van der Waals surface area contributed by atoms with Gasteiger partial charge in [-0.1, -0.05) is 12.1 Å². The van der Waals surface area contributed by atoms with Crippen molar-refractivity contribution >= 4 is 0 Å². The number of hydrogen-bond acceptors (Lipinski definition) is 4. The van der Waals surface area contributed by atoms with Crippen molar-refractivity contribution in [3.05, 3.63) is 47.5 Å². The first kappa shape index (κ1) is 21.7. The quantitative estimate of drug-likeness (QED) is 0.381. The molecule has 4 heteroatoms. The maximum atomic E-state index is 11.0. The van der Waals surface area contributed by atoms with E-state index < -0.39 is 0 Å². The molecule has 10 rings (SSSR count). The molecule has 8 saturated carbocycles. The summed E-state index contributed by atoms with van der Waals surface area (Å²) in [6.45, 7) is 0. The van der Waals surface area contributed by atoms with E-state index in [0.29, 0.717) is 10.8 Å². The molecule has 0 amide bonds. The Labute approximate surface area is 213 Å². The van der Waals surface area contributed by atoms with Crippen LogP contribution in [0.4, 0.5) is 0 Å². The van der Waals surface area contributed by atoms with E-state index in [4.69, 9.17) is 0 Å². The number of hydrogen-bond donors (Lipinski definition) is 4. The van der Waals surface area contributed by atoms with Crippen LogP contribution in [0.5, 0.6) is 23.0 Å². The van der Waals surface area contributed by atoms with Crippen molar-refractivity contribution in [2.24, 2.45) is 34.5 Å². The zero-order chi connectivity index (χ0) is 24.5. The molecule has 36 heavy (non-hydrogen) atoms. The first-order valence-corrected chi connectivity index (χ1v) is 14.3. The van der Waals surface area contributed by atoms with Crippen LogP contribution >= 0.6 is 0 Å². The molecule has 0 aliphatic heterocycles. The lowest BCUT2D eigenvalue weighted by Crippen LogP contribution is -2.66. The zero-order valence-electron chi connectivity index (χ0n) is 21.0. The van der Waals surface area contributed by atoms with Gasteiger partial charge >= 0.3 is 0 Å². The molecule has 4 atom stereocenters. The summed E-state index contributed by atoms with van der Waals surface area (Å²) in [5.41, 5.74) is 2.82.